The number of carbonyl (C=O) groups is 1. The van der Waals surface area contributed by atoms with Crippen LogP contribution in [-0.4, -0.2) is 15.4 Å². The Morgan fingerprint density at radius 3 is 2.45 bits per heavy atom. The first-order chi connectivity index (χ1) is 14.5. The molecule has 1 N–H and O–H groups in total. The summed E-state index contributed by atoms with van der Waals surface area (Å²) in [7, 11) is 1.89. The van der Waals surface area contributed by atoms with Crippen molar-refractivity contribution in [1.82, 2.24) is 4.57 Å². The Bertz CT molecular complexity index is 1090. The Morgan fingerprint density at radius 1 is 1.16 bits per heavy atom. The highest BCUT2D eigenvalue weighted by Gasteiger charge is 2.10. The molecule has 0 aliphatic rings. The first-order valence-corrected chi connectivity index (χ1v) is 10.7. The summed E-state index contributed by atoms with van der Waals surface area (Å²) in [6.07, 6.45) is 3.63. The number of benzene rings is 2. The standard InChI is InChI=1S/C22H24N4O3S.ClH/c1-3-4-5-16-6-8-18(9-7-16)24-22-25(2)20(15-30-22)14-21(27)23-17-10-12-19(13-11-17)26(28)29;/h6-13,15H,3-5,14H2,1-2H3,(H,23,27);1H. The van der Waals surface area contributed by atoms with Gasteiger partial charge >= 0.3 is 0 Å². The number of carbonyl (C=O) groups excluding carboxylic acids is 1. The molecule has 0 saturated heterocycles. The lowest BCUT2D eigenvalue weighted by Gasteiger charge is -2.06. The number of anilines is 1. The van der Waals surface area contributed by atoms with E-state index < -0.39 is 4.92 Å². The minimum Gasteiger partial charge on any atom is -0.326 e. The minimum absolute atomic E-state index is 0. The molecule has 0 unspecified atom stereocenters. The summed E-state index contributed by atoms with van der Waals surface area (Å²) >= 11 is 1.48. The lowest BCUT2D eigenvalue weighted by atomic mass is 10.1. The van der Waals surface area contributed by atoms with Crippen molar-refractivity contribution in [3.8, 4) is 0 Å². The summed E-state index contributed by atoms with van der Waals surface area (Å²) in [5.74, 6) is -0.191. The summed E-state index contributed by atoms with van der Waals surface area (Å²) in [6, 6.07) is 14.0. The molecule has 0 radical (unpaired) electrons. The van der Waals surface area contributed by atoms with Gasteiger partial charge in [0.2, 0.25) is 5.91 Å². The summed E-state index contributed by atoms with van der Waals surface area (Å²) in [5.41, 5.74) is 3.56. The zero-order valence-electron chi connectivity index (χ0n) is 17.4. The van der Waals surface area contributed by atoms with Gasteiger partial charge in [0, 0.05) is 35.9 Å². The number of nitro benzene ring substituents is 1. The first-order valence-electron chi connectivity index (χ1n) is 9.77. The van der Waals surface area contributed by atoms with Crippen molar-refractivity contribution in [2.45, 2.75) is 32.6 Å². The predicted molar refractivity (Wildman–Crippen MR) is 126 cm³/mol. The molecule has 3 aromatic rings. The van der Waals surface area contributed by atoms with Gasteiger partial charge in [-0.05, 0) is 42.7 Å². The molecule has 1 amide bonds. The van der Waals surface area contributed by atoms with Crippen molar-refractivity contribution in [2.75, 3.05) is 5.32 Å². The summed E-state index contributed by atoms with van der Waals surface area (Å²) in [4.78, 5) is 28.1. The third-order valence-corrected chi connectivity index (χ3v) is 5.67. The van der Waals surface area contributed by atoms with Gasteiger partial charge in [-0.3, -0.25) is 14.9 Å². The van der Waals surface area contributed by atoms with Crippen LogP contribution in [0.3, 0.4) is 0 Å². The van der Waals surface area contributed by atoms with E-state index in [9.17, 15) is 14.9 Å². The minimum atomic E-state index is -0.471. The van der Waals surface area contributed by atoms with Gasteiger partial charge in [-0.25, -0.2) is 4.99 Å². The van der Waals surface area contributed by atoms with Crippen molar-refractivity contribution in [3.63, 3.8) is 0 Å². The average molecular weight is 461 g/mol. The van der Waals surface area contributed by atoms with E-state index in [1.807, 2.05) is 29.1 Å². The van der Waals surface area contributed by atoms with Crippen LogP contribution in [0, 0.1) is 10.1 Å². The van der Waals surface area contributed by atoms with Gasteiger partial charge in [-0.15, -0.1) is 23.7 Å². The Kier molecular flexibility index (Phi) is 8.96. The molecular weight excluding hydrogens is 436 g/mol. The number of rotatable bonds is 8. The Hall–Kier alpha value is -2.97. The second-order valence-corrected chi connectivity index (χ2v) is 7.82. The number of thiazole rings is 1. The second kappa shape index (κ2) is 11.4. The Balaban J connectivity index is 0.00000341. The van der Waals surface area contributed by atoms with Crippen LogP contribution in [0.5, 0.6) is 0 Å². The number of nitrogens with one attached hydrogen (secondary N) is 1. The maximum atomic E-state index is 12.4. The van der Waals surface area contributed by atoms with Gasteiger partial charge in [0.05, 0.1) is 17.0 Å². The fraction of sp³-hybridized carbons (Fsp3) is 0.273. The quantitative estimate of drug-likeness (QED) is 0.371. The molecule has 0 aliphatic carbocycles. The molecule has 0 bridgehead atoms. The monoisotopic (exact) mass is 460 g/mol. The third-order valence-electron chi connectivity index (χ3n) is 4.70. The molecule has 0 saturated carbocycles. The second-order valence-electron chi connectivity index (χ2n) is 6.98. The molecule has 1 heterocycles. The van der Waals surface area contributed by atoms with Crippen LogP contribution in [0.2, 0.25) is 0 Å². The first kappa shape index (κ1) is 24.3. The van der Waals surface area contributed by atoms with E-state index in [2.05, 4.69) is 29.4 Å². The fourth-order valence-electron chi connectivity index (χ4n) is 2.93. The Labute approximate surface area is 191 Å². The van der Waals surface area contributed by atoms with E-state index in [-0.39, 0.29) is 30.4 Å². The predicted octanol–water partition coefficient (Wildman–Crippen LogP) is 5.17. The summed E-state index contributed by atoms with van der Waals surface area (Å²) < 4.78 is 1.91. The molecule has 2 aromatic carbocycles. The average Bonchev–Trinajstić information content (AvgIpc) is 3.07. The van der Waals surface area contributed by atoms with E-state index in [0.29, 0.717) is 5.69 Å². The maximum absolute atomic E-state index is 12.4. The molecule has 3 rings (SSSR count). The molecule has 9 heteroatoms. The van der Waals surface area contributed by atoms with Crippen LogP contribution in [0.15, 0.2) is 58.9 Å². The number of hydrogen-bond acceptors (Lipinski definition) is 5. The molecule has 0 atom stereocenters. The van der Waals surface area contributed by atoms with Gasteiger partial charge < -0.3 is 9.88 Å². The van der Waals surface area contributed by atoms with E-state index in [1.54, 1.807) is 0 Å². The highest BCUT2D eigenvalue weighted by molar-refractivity contribution is 7.07. The summed E-state index contributed by atoms with van der Waals surface area (Å²) in [5, 5.41) is 15.4. The number of nitrogens with zero attached hydrogens (tertiary/aromatic N) is 3. The van der Waals surface area contributed by atoms with Crippen molar-refractivity contribution >= 4 is 46.7 Å². The molecule has 0 fully saturated rings. The van der Waals surface area contributed by atoms with Crippen LogP contribution in [0.25, 0.3) is 0 Å². The van der Waals surface area contributed by atoms with Gasteiger partial charge in [-0.1, -0.05) is 25.5 Å². The van der Waals surface area contributed by atoms with Crippen LogP contribution in [-0.2, 0) is 24.7 Å². The van der Waals surface area contributed by atoms with E-state index in [0.717, 1.165) is 22.6 Å². The Morgan fingerprint density at radius 2 is 1.84 bits per heavy atom. The number of aryl methyl sites for hydroxylation is 1. The number of aromatic nitrogens is 1. The fourth-order valence-corrected chi connectivity index (χ4v) is 3.84. The van der Waals surface area contributed by atoms with Crippen molar-refractivity contribution in [3.05, 3.63) is 80.1 Å². The van der Waals surface area contributed by atoms with Crippen LogP contribution in [0.4, 0.5) is 17.1 Å². The number of hydrogen-bond donors (Lipinski definition) is 1. The smallest absolute Gasteiger partial charge is 0.269 e. The maximum Gasteiger partial charge on any atom is 0.269 e. The lowest BCUT2D eigenvalue weighted by Crippen LogP contribution is -2.19. The molecular formula is C22H25ClN4O3S. The van der Waals surface area contributed by atoms with Crippen molar-refractivity contribution in [1.29, 1.82) is 0 Å². The highest BCUT2D eigenvalue weighted by Crippen LogP contribution is 2.17. The van der Waals surface area contributed by atoms with Gasteiger partial charge in [-0.2, -0.15) is 0 Å². The highest BCUT2D eigenvalue weighted by atomic mass is 35.5. The molecule has 164 valence electrons. The zero-order valence-corrected chi connectivity index (χ0v) is 19.0. The van der Waals surface area contributed by atoms with Gasteiger partial charge in [0.25, 0.3) is 5.69 Å². The lowest BCUT2D eigenvalue weighted by molar-refractivity contribution is -0.384. The SMILES string of the molecule is CCCCc1ccc(N=c2scc(CC(=O)Nc3ccc([N+](=O)[O-])cc3)n2C)cc1.Cl. The number of non-ortho nitro benzene ring substituents is 1. The zero-order chi connectivity index (χ0) is 21.5. The van der Waals surface area contributed by atoms with E-state index in [1.165, 1.54) is 54.0 Å². The summed E-state index contributed by atoms with van der Waals surface area (Å²) in [6.45, 7) is 2.18. The number of halogens is 1. The molecule has 7 nitrogen and oxygen atoms in total. The van der Waals surface area contributed by atoms with Crippen LogP contribution in [0.1, 0.15) is 31.0 Å². The normalized spacial score (nSPS) is 11.1. The molecule has 0 aliphatic heterocycles. The number of unbranched alkanes of at least 4 members (excludes halogenated alkanes) is 1. The molecule has 31 heavy (non-hydrogen) atoms. The third kappa shape index (κ3) is 6.77. The molecule has 1 aromatic heterocycles. The topological polar surface area (TPSA) is 89.5 Å². The van der Waals surface area contributed by atoms with E-state index in [4.69, 9.17) is 0 Å². The van der Waals surface area contributed by atoms with Crippen molar-refractivity contribution < 1.29 is 9.72 Å². The van der Waals surface area contributed by atoms with Gasteiger partial charge in [0.1, 0.15) is 0 Å². The van der Waals surface area contributed by atoms with Crippen molar-refractivity contribution in [2.24, 2.45) is 12.0 Å². The van der Waals surface area contributed by atoms with E-state index >= 15 is 0 Å². The molecule has 0 spiro atoms. The number of nitro groups is 1. The van der Waals surface area contributed by atoms with Crippen LogP contribution < -0.4 is 10.1 Å². The number of amides is 1. The van der Waals surface area contributed by atoms with Crippen LogP contribution >= 0.6 is 23.7 Å². The van der Waals surface area contributed by atoms with Gasteiger partial charge in [0.15, 0.2) is 4.80 Å². The largest absolute Gasteiger partial charge is 0.326 e.